The molecule has 104 valence electrons. The summed E-state index contributed by atoms with van der Waals surface area (Å²) < 4.78 is 1.97. The Morgan fingerprint density at radius 1 is 1.47 bits per heavy atom. The summed E-state index contributed by atoms with van der Waals surface area (Å²) in [6, 6.07) is 3.72. The third-order valence-corrected chi connectivity index (χ3v) is 3.55. The molecule has 1 aromatic heterocycles. The highest BCUT2D eigenvalue weighted by molar-refractivity contribution is 5.93. The first kappa shape index (κ1) is 13.6. The van der Waals surface area contributed by atoms with Gasteiger partial charge in [-0.3, -0.25) is 9.59 Å². The summed E-state index contributed by atoms with van der Waals surface area (Å²) in [5, 5.41) is 8.79. The minimum atomic E-state index is -0.784. The van der Waals surface area contributed by atoms with Gasteiger partial charge in [0.2, 0.25) is 0 Å². The molecule has 1 aliphatic heterocycles. The molecular formula is C14H20N2O3. The Kier molecular flexibility index (Phi) is 4.24. The second-order valence-electron chi connectivity index (χ2n) is 5.09. The monoisotopic (exact) mass is 264 g/mol. The zero-order chi connectivity index (χ0) is 13.8. The fraction of sp³-hybridized carbons (Fsp3) is 0.571. The summed E-state index contributed by atoms with van der Waals surface area (Å²) in [4.78, 5) is 24.9. The number of aliphatic carboxylic acids is 1. The maximum absolute atomic E-state index is 12.4. The highest BCUT2D eigenvalue weighted by atomic mass is 16.4. The molecule has 1 amide bonds. The molecule has 1 aromatic rings. The molecule has 0 bridgehead atoms. The molecule has 0 saturated carbocycles. The minimum absolute atomic E-state index is 0.0198. The van der Waals surface area contributed by atoms with E-state index in [1.54, 1.807) is 4.90 Å². The van der Waals surface area contributed by atoms with Crippen LogP contribution < -0.4 is 0 Å². The highest BCUT2D eigenvalue weighted by Gasteiger charge is 2.29. The Balaban J connectivity index is 2.00. The number of aromatic nitrogens is 1. The van der Waals surface area contributed by atoms with E-state index in [1.165, 1.54) is 0 Å². The van der Waals surface area contributed by atoms with Gasteiger partial charge in [0.05, 0.1) is 0 Å². The molecule has 1 unspecified atom stereocenters. The largest absolute Gasteiger partial charge is 0.481 e. The second kappa shape index (κ2) is 5.91. The van der Waals surface area contributed by atoms with Gasteiger partial charge in [-0.05, 0) is 30.9 Å². The van der Waals surface area contributed by atoms with Crippen molar-refractivity contribution >= 4 is 11.9 Å². The molecular weight excluding hydrogens is 244 g/mol. The zero-order valence-electron chi connectivity index (χ0n) is 11.2. The molecule has 1 saturated heterocycles. The molecule has 0 aliphatic carbocycles. The lowest BCUT2D eigenvalue weighted by molar-refractivity contribution is -0.138. The molecule has 0 aromatic carbocycles. The predicted octanol–water partition coefficient (Wildman–Crippen LogP) is 1.83. The van der Waals surface area contributed by atoms with Crippen molar-refractivity contribution in [3.05, 3.63) is 24.0 Å². The van der Waals surface area contributed by atoms with Gasteiger partial charge in [-0.1, -0.05) is 6.92 Å². The average Bonchev–Trinajstić information content (AvgIpc) is 2.97. The van der Waals surface area contributed by atoms with Gasteiger partial charge in [0.25, 0.3) is 5.91 Å². The lowest BCUT2D eigenvalue weighted by Gasteiger charge is -2.17. The molecule has 5 heteroatoms. The summed E-state index contributed by atoms with van der Waals surface area (Å²) in [5.74, 6) is -0.670. The summed E-state index contributed by atoms with van der Waals surface area (Å²) in [6.45, 7) is 4.13. The molecule has 0 radical (unpaired) electrons. The third-order valence-electron chi connectivity index (χ3n) is 3.55. The molecule has 1 aliphatic rings. The first-order chi connectivity index (χ1) is 9.11. The summed E-state index contributed by atoms with van der Waals surface area (Å²) in [5.41, 5.74) is 0.706. The van der Waals surface area contributed by atoms with Crippen molar-refractivity contribution in [2.75, 3.05) is 13.1 Å². The van der Waals surface area contributed by atoms with Crippen molar-refractivity contribution in [1.82, 2.24) is 9.47 Å². The van der Waals surface area contributed by atoms with Crippen LogP contribution in [0.1, 0.15) is 36.7 Å². The van der Waals surface area contributed by atoms with Crippen LogP contribution in [-0.4, -0.2) is 39.5 Å². The van der Waals surface area contributed by atoms with Gasteiger partial charge in [0, 0.05) is 32.3 Å². The average molecular weight is 264 g/mol. The van der Waals surface area contributed by atoms with Crippen LogP contribution in [0.2, 0.25) is 0 Å². The van der Waals surface area contributed by atoms with E-state index >= 15 is 0 Å². The molecule has 1 atom stereocenters. The van der Waals surface area contributed by atoms with E-state index in [0.717, 1.165) is 19.4 Å². The fourth-order valence-corrected chi connectivity index (χ4v) is 2.64. The number of hydrogen-bond acceptors (Lipinski definition) is 2. The molecule has 2 heterocycles. The number of carbonyl (C=O) groups excluding carboxylic acids is 1. The molecule has 19 heavy (non-hydrogen) atoms. The number of carboxylic acids is 1. The lowest BCUT2D eigenvalue weighted by atomic mass is 10.1. The van der Waals surface area contributed by atoms with E-state index in [4.69, 9.17) is 5.11 Å². The van der Waals surface area contributed by atoms with Crippen molar-refractivity contribution in [2.24, 2.45) is 5.92 Å². The normalized spacial score (nSPS) is 18.8. The smallest absolute Gasteiger partial charge is 0.303 e. The first-order valence-corrected chi connectivity index (χ1v) is 6.78. The quantitative estimate of drug-likeness (QED) is 0.882. The van der Waals surface area contributed by atoms with E-state index in [1.807, 2.05) is 22.9 Å². The molecule has 5 nitrogen and oxygen atoms in total. The van der Waals surface area contributed by atoms with Crippen LogP contribution in [0.3, 0.4) is 0 Å². The van der Waals surface area contributed by atoms with Gasteiger partial charge in [-0.2, -0.15) is 0 Å². The van der Waals surface area contributed by atoms with Crippen molar-refractivity contribution in [3.63, 3.8) is 0 Å². The van der Waals surface area contributed by atoms with Crippen LogP contribution in [0.4, 0.5) is 0 Å². The number of aryl methyl sites for hydroxylation is 1. The van der Waals surface area contributed by atoms with Gasteiger partial charge in [-0.25, -0.2) is 0 Å². The van der Waals surface area contributed by atoms with E-state index in [0.29, 0.717) is 18.8 Å². The van der Waals surface area contributed by atoms with Crippen LogP contribution in [0.5, 0.6) is 0 Å². The summed E-state index contributed by atoms with van der Waals surface area (Å²) in [6.07, 6.45) is 3.84. The van der Waals surface area contributed by atoms with Gasteiger partial charge in [0.1, 0.15) is 5.69 Å². The maximum atomic E-state index is 12.4. The SMILES string of the molecule is CCCn1cccc1C(=O)N1CCC(CC(=O)O)C1. The number of carbonyl (C=O) groups is 2. The van der Waals surface area contributed by atoms with Gasteiger partial charge < -0.3 is 14.6 Å². The Hall–Kier alpha value is -1.78. The second-order valence-corrected chi connectivity index (χ2v) is 5.09. The Bertz CT molecular complexity index is 467. The Morgan fingerprint density at radius 2 is 2.26 bits per heavy atom. The van der Waals surface area contributed by atoms with Gasteiger partial charge in [0.15, 0.2) is 0 Å². The van der Waals surface area contributed by atoms with Crippen LogP contribution in [0.15, 0.2) is 18.3 Å². The number of carboxylic acid groups (broad SMARTS) is 1. The fourth-order valence-electron chi connectivity index (χ4n) is 2.64. The van der Waals surface area contributed by atoms with Crippen LogP contribution in [-0.2, 0) is 11.3 Å². The van der Waals surface area contributed by atoms with E-state index < -0.39 is 5.97 Å². The highest BCUT2D eigenvalue weighted by Crippen LogP contribution is 2.21. The van der Waals surface area contributed by atoms with Crippen LogP contribution in [0.25, 0.3) is 0 Å². The van der Waals surface area contributed by atoms with Crippen molar-refractivity contribution in [3.8, 4) is 0 Å². The Labute approximate surface area is 112 Å². The zero-order valence-corrected chi connectivity index (χ0v) is 11.2. The van der Waals surface area contributed by atoms with Crippen molar-refractivity contribution in [1.29, 1.82) is 0 Å². The first-order valence-electron chi connectivity index (χ1n) is 6.78. The summed E-state index contributed by atoms with van der Waals surface area (Å²) >= 11 is 0. The van der Waals surface area contributed by atoms with Gasteiger partial charge >= 0.3 is 5.97 Å². The minimum Gasteiger partial charge on any atom is -0.481 e. The number of amides is 1. The number of rotatable bonds is 5. The van der Waals surface area contributed by atoms with Crippen LogP contribution in [0, 0.1) is 5.92 Å². The number of nitrogens with zero attached hydrogens (tertiary/aromatic N) is 2. The number of likely N-dealkylation sites (tertiary alicyclic amines) is 1. The standard InChI is InChI=1S/C14H20N2O3/c1-2-6-15-7-3-4-12(15)14(19)16-8-5-11(10-16)9-13(17)18/h3-4,7,11H,2,5-6,8-10H2,1H3,(H,17,18). The van der Waals surface area contributed by atoms with Crippen molar-refractivity contribution in [2.45, 2.75) is 32.7 Å². The topological polar surface area (TPSA) is 62.5 Å². The third kappa shape index (κ3) is 3.16. The predicted molar refractivity (Wildman–Crippen MR) is 71.0 cm³/mol. The van der Waals surface area contributed by atoms with E-state index in [2.05, 4.69) is 6.92 Å². The molecule has 0 spiro atoms. The number of hydrogen-bond donors (Lipinski definition) is 1. The van der Waals surface area contributed by atoms with Gasteiger partial charge in [-0.15, -0.1) is 0 Å². The molecule has 1 fully saturated rings. The van der Waals surface area contributed by atoms with E-state index in [-0.39, 0.29) is 18.2 Å². The molecule has 2 rings (SSSR count). The maximum Gasteiger partial charge on any atom is 0.303 e. The van der Waals surface area contributed by atoms with Crippen molar-refractivity contribution < 1.29 is 14.7 Å². The summed E-state index contributed by atoms with van der Waals surface area (Å²) in [7, 11) is 0. The lowest BCUT2D eigenvalue weighted by Crippen LogP contribution is -2.30. The van der Waals surface area contributed by atoms with E-state index in [9.17, 15) is 9.59 Å². The van der Waals surface area contributed by atoms with Crippen LogP contribution >= 0.6 is 0 Å². The Morgan fingerprint density at radius 3 is 2.95 bits per heavy atom. The molecule has 1 N–H and O–H groups in total.